The minimum Gasteiger partial charge on any atom is -0.465 e. The molecule has 0 unspecified atom stereocenters. The lowest BCUT2D eigenvalue weighted by Crippen LogP contribution is -2.22. The third-order valence-corrected chi connectivity index (χ3v) is 3.57. The summed E-state index contributed by atoms with van der Waals surface area (Å²) in [5.41, 5.74) is 3.10. The van der Waals surface area contributed by atoms with E-state index in [0.717, 1.165) is 11.1 Å². The molecule has 2 aromatic rings. The first-order valence-corrected chi connectivity index (χ1v) is 7.39. The average Bonchev–Trinajstić information content (AvgIpc) is 2.57. The molecule has 2 N–H and O–H groups in total. The molecule has 0 saturated carbocycles. The quantitative estimate of drug-likeness (QED) is 0.826. The van der Waals surface area contributed by atoms with E-state index in [1.54, 1.807) is 24.3 Å². The van der Waals surface area contributed by atoms with Gasteiger partial charge in [-0.25, -0.2) is 9.18 Å². The van der Waals surface area contributed by atoms with E-state index in [2.05, 4.69) is 15.4 Å². The highest BCUT2D eigenvalue weighted by Gasteiger charge is 2.10. The Morgan fingerprint density at radius 1 is 1.04 bits per heavy atom. The van der Waals surface area contributed by atoms with Gasteiger partial charge >= 0.3 is 5.97 Å². The molecule has 0 aliphatic rings. The Bertz CT molecular complexity index is 775. The Labute approximate surface area is 139 Å². The van der Waals surface area contributed by atoms with Gasteiger partial charge in [0.05, 0.1) is 19.2 Å². The van der Waals surface area contributed by atoms with Gasteiger partial charge in [0.1, 0.15) is 5.82 Å². The topological polar surface area (TPSA) is 67.4 Å². The van der Waals surface area contributed by atoms with Gasteiger partial charge in [-0.3, -0.25) is 4.79 Å². The smallest absolute Gasteiger partial charge is 0.337 e. The molecule has 0 fully saturated rings. The third-order valence-electron chi connectivity index (χ3n) is 3.57. The largest absolute Gasteiger partial charge is 0.465 e. The second-order valence-electron chi connectivity index (χ2n) is 5.38. The van der Waals surface area contributed by atoms with Crippen LogP contribution in [0.5, 0.6) is 0 Å². The van der Waals surface area contributed by atoms with Crippen LogP contribution in [-0.4, -0.2) is 25.5 Å². The van der Waals surface area contributed by atoms with Crippen LogP contribution in [0, 0.1) is 19.7 Å². The molecule has 0 aliphatic carbocycles. The number of hydrogen-bond acceptors (Lipinski definition) is 4. The molecule has 2 rings (SSSR count). The van der Waals surface area contributed by atoms with Gasteiger partial charge < -0.3 is 15.4 Å². The normalized spacial score (nSPS) is 10.2. The van der Waals surface area contributed by atoms with Crippen molar-refractivity contribution in [3.05, 3.63) is 58.9 Å². The molecule has 5 nitrogen and oxygen atoms in total. The molecule has 126 valence electrons. The van der Waals surface area contributed by atoms with Crippen molar-refractivity contribution < 1.29 is 18.7 Å². The molecule has 0 spiro atoms. The molecule has 0 heterocycles. The highest BCUT2D eigenvalue weighted by molar-refractivity contribution is 5.97. The van der Waals surface area contributed by atoms with E-state index in [9.17, 15) is 14.0 Å². The molecule has 0 atom stereocenters. The summed E-state index contributed by atoms with van der Waals surface area (Å²) in [5.74, 6) is -1.15. The van der Waals surface area contributed by atoms with Crippen LogP contribution in [0.25, 0.3) is 0 Å². The van der Waals surface area contributed by atoms with E-state index in [4.69, 9.17) is 0 Å². The Balaban J connectivity index is 2.04. The first-order chi connectivity index (χ1) is 11.4. The number of esters is 1. The number of aryl methyl sites for hydroxylation is 2. The number of nitrogens with one attached hydrogen (secondary N) is 2. The van der Waals surface area contributed by atoms with Crippen LogP contribution in [0.4, 0.5) is 15.8 Å². The van der Waals surface area contributed by atoms with Crippen LogP contribution >= 0.6 is 0 Å². The summed E-state index contributed by atoms with van der Waals surface area (Å²) in [7, 11) is 1.30. The fourth-order valence-corrected chi connectivity index (χ4v) is 2.16. The summed E-state index contributed by atoms with van der Waals surface area (Å²) in [5, 5.41) is 5.63. The lowest BCUT2D eigenvalue weighted by molar-refractivity contribution is -0.114. The predicted octanol–water partition coefficient (Wildman–Crippen LogP) is 3.28. The molecule has 2 aromatic carbocycles. The van der Waals surface area contributed by atoms with Gasteiger partial charge in [0.2, 0.25) is 5.91 Å². The van der Waals surface area contributed by atoms with Crippen molar-refractivity contribution in [1.82, 2.24) is 0 Å². The van der Waals surface area contributed by atoms with Crippen molar-refractivity contribution >= 4 is 23.3 Å². The van der Waals surface area contributed by atoms with Crippen LogP contribution in [0.15, 0.2) is 36.4 Å². The van der Waals surface area contributed by atoms with Crippen LogP contribution in [0.1, 0.15) is 21.5 Å². The SMILES string of the molecule is COC(=O)c1ccc(C)c(NC(=O)CNc2cc(F)ccc2C)c1. The van der Waals surface area contributed by atoms with Crippen molar-refractivity contribution in [2.24, 2.45) is 0 Å². The van der Waals surface area contributed by atoms with Gasteiger partial charge in [-0.05, 0) is 49.2 Å². The van der Waals surface area contributed by atoms with E-state index in [-0.39, 0.29) is 18.3 Å². The summed E-state index contributed by atoms with van der Waals surface area (Å²) in [6.07, 6.45) is 0. The minimum atomic E-state index is -0.473. The van der Waals surface area contributed by atoms with Crippen LogP contribution in [0.2, 0.25) is 0 Å². The van der Waals surface area contributed by atoms with Gasteiger partial charge in [0.15, 0.2) is 0 Å². The molecule has 1 amide bonds. The fraction of sp³-hybridized carbons (Fsp3) is 0.222. The van der Waals surface area contributed by atoms with Gasteiger partial charge in [-0.2, -0.15) is 0 Å². The molecule has 0 aliphatic heterocycles. The van der Waals surface area contributed by atoms with Crippen molar-refractivity contribution in [3.8, 4) is 0 Å². The number of rotatable bonds is 5. The maximum Gasteiger partial charge on any atom is 0.337 e. The zero-order chi connectivity index (χ0) is 17.7. The van der Waals surface area contributed by atoms with Crippen molar-refractivity contribution in [2.75, 3.05) is 24.3 Å². The van der Waals surface area contributed by atoms with Crippen molar-refractivity contribution in [2.45, 2.75) is 13.8 Å². The van der Waals surface area contributed by atoms with Gasteiger partial charge in [0.25, 0.3) is 0 Å². The molecule has 0 radical (unpaired) electrons. The molecule has 6 heteroatoms. The number of methoxy groups -OCH3 is 1. The maximum atomic E-state index is 13.2. The number of carbonyl (C=O) groups excluding carboxylic acids is 2. The molecular weight excluding hydrogens is 311 g/mol. The van der Waals surface area contributed by atoms with Gasteiger partial charge in [-0.15, -0.1) is 0 Å². The van der Waals surface area contributed by atoms with E-state index in [1.165, 1.54) is 19.2 Å². The second kappa shape index (κ2) is 7.59. The number of carbonyl (C=O) groups is 2. The summed E-state index contributed by atoms with van der Waals surface area (Å²) in [4.78, 5) is 23.7. The second-order valence-corrected chi connectivity index (χ2v) is 5.38. The van der Waals surface area contributed by atoms with E-state index in [0.29, 0.717) is 16.9 Å². The fourth-order valence-electron chi connectivity index (χ4n) is 2.16. The third kappa shape index (κ3) is 4.32. The Morgan fingerprint density at radius 2 is 1.71 bits per heavy atom. The number of benzene rings is 2. The Kier molecular flexibility index (Phi) is 5.52. The highest BCUT2D eigenvalue weighted by Crippen LogP contribution is 2.18. The summed E-state index contributed by atoms with van der Waals surface area (Å²) >= 11 is 0. The number of hydrogen-bond donors (Lipinski definition) is 2. The van der Waals surface area contributed by atoms with Crippen LogP contribution < -0.4 is 10.6 Å². The van der Waals surface area contributed by atoms with Gasteiger partial charge in [0, 0.05) is 11.4 Å². The maximum absolute atomic E-state index is 13.2. The molecular formula is C18H19FN2O3. The summed E-state index contributed by atoms with van der Waals surface area (Å²) in [6.45, 7) is 3.62. The summed E-state index contributed by atoms with van der Waals surface area (Å²) in [6, 6.07) is 9.26. The monoisotopic (exact) mass is 330 g/mol. The molecule has 24 heavy (non-hydrogen) atoms. The molecule has 0 saturated heterocycles. The van der Waals surface area contributed by atoms with E-state index < -0.39 is 5.97 Å². The first kappa shape index (κ1) is 17.5. The van der Waals surface area contributed by atoms with E-state index in [1.807, 2.05) is 13.8 Å². The lowest BCUT2D eigenvalue weighted by Gasteiger charge is -2.12. The number of halogens is 1. The molecule has 0 bridgehead atoms. The number of ether oxygens (including phenoxy) is 1. The first-order valence-electron chi connectivity index (χ1n) is 7.39. The Hall–Kier alpha value is -2.89. The van der Waals surface area contributed by atoms with Crippen LogP contribution in [0.3, 0.4) is 0 Å². The highest BCUT2D eigenvalue weighted by atomic mass is 19.1. The van der Waals surface area contributed by atoms with E-state index >= 15 is 0 Å². The Morgan fingerprint density at radius 3 is 2.42 bits per heavy atom. The number of anilines is 2. The molecule has 0 aromatic heterocycles. The average molecular weight is 330 g/mol. The van der Waals surface area contributed by atoms with Crippen LogP contribution in [-0.2, 0) is 9.53 Å². The minimum absolute atomic E-state index is 0.0216. The lowest BCUT2D eigenvalue weighted by atomic mass is 10.1. The zero-order valence-corrected chi connectivity index (χ0v) is 13.8. The van der Waals surface area contributed by atoms with Crippen molar-refractivity contribution in [1.29, 1.82) is 0 Å². The van der Waals surface area contributed by atoms with Crippen molar-refractivity contribution in [3.63, 3.8) is 0 Å². The predicted molar refractivity (Wildman–Crippen MR) is 90.8 cm³/mol. The van der Waals surface area contributed by atoms with Gasteiger partial charge in [-0.1, -0.05) is 12.1 Å². The standard InChI is InChI=1S/C18H19FN2O3/c1-11-5-7-14(19)9-15(11)20-10-17(22)21-16-8-13(18(23)24-3)6-4-12(16)2/h4-9,20H,10H2,1-3H3,(H,21,22). The summed E-state index contributed by atoms with van der Waals surface area (Å²) < 4.78 is 17.9. The zero-order valence-electron chi connectivity index (χ0n) is 13.8. The number of amides is 1.